The van der Waals surface area contributed by atoms with Gasteiger partial charge >= 0.3 is 6.03 Å². The highest BCUT2D eigenvalue weighted by molar-refractivity contribution is 8.09. The quantitative estimate of drug-likeness (QED) is 0.266. The summed E-state index contributed by atoms with van der Waals surface area (Å²) in [7, 11) is -8.02. The van der Waals surface area contributed by atoms with E-state index in [-0.39, 0.29) is 11.7 Å². The molecule has 11 nitrogen and oxygen atoms in total. The molecule has 0 fully saturated rings. The maximum absolute atomic E-state index is 12.3. The van der Waals surface area contributed by atoms with Gasteiger partial charge in [0.05, 0.1) is 42.5 Å². The number of para-hydroxylation sites is 1. The number of hydrogen-bond acceptors (Lipinski definition) is 7. The molecule has 0 aliphatic heterocycles. The summed E-state index contributed by atoms with van der Waals surface area (Å²) in [6.07, 6.45) is 9.00. The van der Waals surface area contributed by atoms with Crippen LogP contribution >= 0.6 is 0 Å². The van der Waals surface area contributed by atoms with Crippen molar-refractivity contribution in [3.05, 3.63) is 60.6 Å². The van der Waals surface area contributed by atoms with Crippen molar-refractivity contribution >= 4 is 37.5 Å². The summed E-state index contributed by atoms with van der Waals surface area (Å²) in [6, 6.07) is 11.5. The Bertz CT molecular complexity index is 1470. The molecule has 40 heavy (non-hydrogen) atoms. The van der Waals surface area contributed by atoms with Crippen molar-refractivity contribution in [1.82, 2.24) is 14.9 Å². The molecule has 1 heterocycles. The first kappa shape index (κ1) is 31.0. The Morgan fingerprint density at radius 3 is 2.35 bits per heavy atom. The van der Waals surface area contributed by atoms with E-state index in [2.05, 4.69) is 22.5 Å². The van der Waals surface area contributed by atoms with Gasteiger partial charge in [-0.1, -0.05) is 44.0 Å². The number of benzene rings is 2. The summed E-state index contributed by atoms with van der Waals surface area (Å²) in [5, 5.41) is 5.78. The highest BCUT2D eigenvalue weighted by Crippen LogP contribution is 2.28. The summed E-state index contributed by atoms with van der Waals surface area (Å²) in [6.45, 7) is 5.71. The second-order valence-corrected chi connectivity index (χ2v) is 13.4. The minimum absolute atomic E-state index is 0.0318. The van der Waals surface area contributed by atoms with Gasteiger partial charge in [-0.05, 0) is 43.5 Å². The number of unbranched alkanes of at least 4 members (excludes halogenated alkanes) is 2. The Morgan fingerprint density at radius 1 is 1.00 bits per heavy atom. The van der Waals surface area contributed by atoms with Gasteiger partial charge in [0.25, 0.3) is 0 Å². The van der Waals surface area contributed by atoms with Crippen molar-refractivity contribution in [2.45, 2.75) is 46.1 Å². The molecular weight excluding hydrogens is 554 g/mol. The summed E-state index contributed by atoms with van der Waals surface area (Å²) in [5.41, 5.74) is 2.96. The van der Waals surface area contributed by atoms with E-state index in [0.717, 1.165) is 37.3 Å². The molecule has 13 heteroatoms. The molecule has 3 aromatic rings. The second kappa shape index (κ2) is 13.7. The summed E-state index contributed by atoms with van der Waals surface area (Å²) in [4.78, 5) is 16.7. The smallest absolute Gasteiger partial charge is 0.319 e. The van der Waals surface area contributed by atoms with Crippen molar-refractivity contribution in [2.75, 3.05) is 34.7 Å². The van der Waals surface area contributed by atoms with Gasteiger partial charge in [0.1, 0.15) is 5.75 Å². The molecule has 0 atom stereocenters. The number of amides is 2. The van der Waals surface area contributed by atoms with E-state index in [4.69, 9.17) is 4.74 Å². The third-order valence-corrected chi connectivity index (χ3v) is 9.22. The number of imidazole rings is 1. The van der Waals surface area contributed by atoms with Crippen LogP contribution in [0.3, 0.4) is 0 Å². The van der Waals surface area contributed by atoms with Gasteiger partial charge in [0.2, 0.25) is 20.0 Å². The van der Waals surface area contributed by atoms with Crippen LogP contribution < -0.4 is 19.1 Å². The predicted octanol–water partition coefficient (Wildman–Crippen LogP) is 4.36. The van der Waals surface area contributed by atoms with Crippen molar-refractivity contribution in [3.63, 3.8) is 0 Å². The van der Waals surface area contributed by atoms with Crippen LogP contribution in [0.25, 0.3) is 11.3 Å². The fraction of sp³-hybridized carbons (Fsp3) is 0.407. The molecule has 2 amide bonds. The maximum Gasteiger partial charge on any atom is 0.319 e. The topological polar surface area (TPSA) is 140 Å². The van der Waals surface area contributed by atoms with E-state index in [0.29, 0.717) is 52.5 Å². The molecule has 218 valence electrons. The number of sulfonamides is 2. The van der Waals surface area contributed by atoms with Crippen LogP contribution in [0, 0.1) is 6.92 Å². The first-order chi connectivity index (χ1) is 18.9. The largest absolute Gasteiger partial charge is 0.491 e. The minimum atomic E-state index is -4.01. The van der Waals surface area contributed by atoms with Crippen molar-refractivity contribution in [2.24, 2.45) is 0 Å². The molecule has 2 aromatic carbocycles. The van der Waals surface area contributed by atoms with Gasteiger partial charge in [0.15, 0.2) is 0 Å². The number of anilines is 2. The van der Waals surface area contributed by atoms with E-state index in [1.165, 1.54) is 12.1 Å². The number of carbonyl (C=O) groups is 1. The first-order valence-electron chi connectivity index (χ1n) is 13.0. The molecule has 1 aromatic heterocycles. The van der Waals surface area contributed by atoms with Gasteiger partial charge < -0.3 is 19.9 Å². The highest BCUT2D eigenvalue weighted by atomic mass is 32.3. The number of carbonyl (C=O) groups excluding carboxylic acids is 1. The van der Waals surface area contributed by atoms with E-state index in [9.17, 15) is 21.6 Å². The van der Waals surface area contributed by atoms with Gasteiger partial charge in [-0.25, -0.2) is 26.6 Å². The lowest BCUT2D eigenvalue weighted by atomic mass is 10.1. The SMILES string of the molecule is CCCCCNC(=O)Nc1c(C)cccc1OCCCn1cnc(-c2ccc(N(S(C)(=O)=O)S(C)(=O)=O)cc2)c1. The molecular formula is C27H37N5O6S2. The Hall–Kier alpha value is -3.58. The molecule has 3 rings (SSSR count). The fourth-order valence-corrected chi connectivity index (χ4v) is 7.08. The average molecular weight is 592 g/mol. The Balaban J connectivity index is 1.56. The zero-order valence-electron chi connectivity index (χ0n) is 23.3. The van der Waals surface area contributed by atoms with E-state index in [1.807, 2.05) is 35.9 Å². The zero-order chi connectivity index (χ0) is 29.3. The van der Waals surface area contributed by atoms with Gasteiger partial charge in [0, 0.05) is 24.8 Å². The first-order valence-corrected chi connectivity index (χ1v) is 16.7. The molecule has 0 saturated heterocycles. The summed E-state index contributed by atoms with van der Waals surface area (Å²) in [5.74, 6) is 0.604. The lowest BCUT2D eigenvalue weighted by Crippen LogP contribution is -2.35. The van der Waals surface area contributed by atoms with Crippen molar-refractivity contribution in [3.8, 4) is 17.0 Å². The Labute approximate surface area is 236 Å². The normalized spacial score (nSPS) is 11.7. The summed E-state index contributed by atoms with van der Waals surface area (Å²) < 4.78 is 56.3. The fourth-order valence-electron chi connectivity index (χ4n) is 4.10. The molecule has 0 radical (unpaired) electrons. The van der Waals surface area contributed by atoms with Crippen LogP contribution in [0.15, 0.2) is 55.0 Å². The van der Waals surface area contributed by atoms with Crippen molar-refractivity contribution in [1.29, 1.82) is 0 Å². The molecule has 0 spiro atoms. The lowest BCUT2D eigenvalue weighted by molar-refractivity contribution is 0.251. The number of aromatic nitrogens is 2. The van der Waals surface area contributed by atoms with Gasteiger partial charge in [-0.3, -0.25) is 0 Å². The molecule has 2 N–H and O–H groups in total. The van der Waals surface area contributed by atoms with Crippen LogP contribution in [0.2, 0.25) is 0 Å². The van der Waals surface area contributed by atoms with Crippen LogP contribution in [0.5, 0.6) is 5.75 Å². The van der Waals surface area contributed by atoms with Crippen molar-refractivity contribution < 1.29 is 26.4 Å². The van der Waals surface area contributed by atoms with Gasteiger partial charge in [-0.2, -0.15) is 3.71 Å². The third-order valence-electron chi connectivity index (χ3n) is 5.97. The number of nitrogens with one attached hydrogen (secondary N) is 2. The van der Waals surface area contributed by atoms with Gasteiger partial charge in [-0.15, -0.1) is 0 Å². The van der Waals surface area contributed by atoms with Crippen LogP contribution in [0.1, 0.15) is 38.2 Å². The average Bonchev–Trinajstić information content (AvgIpc) is 3.34. The molecule has 0 aliphatic rings. The van der Waals surface area contributed by atoms with Crippen LogP contribution in [-0.2, 0) is 26.6 Å². The predicted molar refractivity (Wildman–Crippen MR) is 158 cm³/mol. The van der Waals surface area contributed by atoms with E-state index in [1.54, 1.807) is 18.5 Å². The van der Waals surface area contributed by atoms with Crippen LogP contribution in [-0.4, -0.2) is 58.1 Å². The molecule has 0 aliphatic carbocycles. The molecule has 0 unspecified atom stereocenters. The zero-order valence-corrected chi connectivity index (χ0v) is 24.9. The Kier molecular flexibility index (Phi) is 10.6. The van der Waals surface area contributed by atoms with Crippen LogP contribution in [0.4, 0.5) is 16.2 Å². The monoisotopic (exact) mass is 591 g/mol. The number of aryl methyl sites for hydroxylation is 2. The standard InChI is InChI=1S/C27H37N5O6S2/c1-5-6-7-16-28-27(33)30-26-21(2)10-8-11-25(26)38-18-9-17-31-19-24(29-20-31)22-12-14-23(15-13-22)32(39(3,34)35)40(4,36)37/h8,10-15,19-20H,5-7,9,16-18H2,1-4H3,(H2,28,30,33). The number of hydrogen-bond donors (Lipinski definition) is 2. The number of urea groups is 1. The summed E-state index contributed by atoms with van der Waals surface area (Å²) >= 11 is 0. The Morgan fingerprint density at radius 2 is 1.70 bits per heavy atom. The lowest BCUT2D eigenvalue weighted by Gasteiger charge is -2.19. The highest BCUT2D eigenvalue weighted by Gasteiger charge is 2.27. The minimum Gasteiger partial charge on any atom is -0.491 e. The van der Waals surface area contributed by atoms with E-state index < -0.39 is 20.0 Å². The second-order valence-electron chi connectivity index (χ2n) is 9.50. The molecule has 0 saturated carbocycles. The molecule has 0 bridgehead atoms. The number of nitrogens with zero attached hydrogens (tertiary/aromatic N) is 3. The number of rotatable bonds is 14. The number of ether oxygens (including phenoxy) is 1. The maximum atomic E-state index is 12.3. The van der Waals surface area contributed by atoms with E-state index >= 15 is 0 Å². The third kappa shape index (κ3) is 8.71.